The highest BCUT2D eigenvalue weighted by Gasteiger charge is 2.29. The molecule has 4 rings (SSSR count). The number of ether oxygens (including phenoxy) is 2. The van der Waals surface area contributed by atoms with E-state index in [0.717, 1.165) is 26.8 Å². The van der Waals surface area contributed by atoms with Gasteiger partial charge in [-0.05, 0) is 81.3 Å². The maximum atomic E-state index is 14.4. The molecule has 9 nitrogen and oxygen atoms in total. The molecule has 1 aromatic heterocycles. The lowest BCUT2D eigenvalue weighted by atomic mass is 10.1. The number of carbonyl (C=O) groups is 1. The van der Waals surface area contributed by atoms with Crippen LogP contribution in [0, 0.1) is 33.5 Å². The molecular formula is C31H33FN4O5S. The summed E-state index contributed by atoms with van der Waals surface area (Å²) in [5, 5.41) is 4.07. The summed E-state index contributed by atoms with van der Waals surface area (Å²) in [6.45, 7) is 6.82. The summed E-state index contributed by atoms with van der Waals surface area (Å²) < 4.78 is 55.5. The number of halogens is 1. The molecule has 1 heterocycles. The minimum atomic E-state index is -4.21. The van der Waals surface area contributed by atoms with E-state index < -0.39 is 22.5 Å². The summed E-state index contributed by atoms with van der Waals surface area (Å²) in [5.74, 6) is -0.410. The second-order valence-corrected chi connectivity index (χ2v) is 11.6. The van der Waals surface area contributed by atoms with Crippen molar-refractivity contribution in [2.75, 3.05) is 25.1 Å². The number of nitrogens with one attached hydrogen (secondary N) is 1. The first-order valence-corrected chi connectivity index (χ1v) is 14.5. The van der Waals surface area contributed by atoms with Crippen LogP contribution in [0.15, 0.2) is 76.7 Å². The molecule has 0 unspecified atom stereocenters. The van der Waals surface area contributed by atoms with Gasteiger partial charge in [-0.15, -0.1) is 0 Å². The molecule has 0 aliphatic rings. The Bertz CT molecular complexity index is 1740. The molecule has 0 bridgehead atoms. The van der Waals surface area contributed by atoms with Crippen molar-refractivity contribution < 1.29 is 27.1 Å². The number of sulfonamides is 1. The highest BCUT2D eigenvalue weighted by atomic mass is 32.2. The van der Waals surface area contributed by atoms with Crippen molar-refractivity contribution in [1.82, 2.24) is 9.99 Å². The Hall–Kier alpha value is -4.64. The van der Waals surface area contributed by atoms with Crippen LogP contribution in [-0.4, -0.2) is 45.9 Å². The average molecular weight is 593 g/mol. The summed E-state index contributed by atoms with van der Waals surface area (Å²) in [6.07, 6.45) is 1.45. The molecule has 1 N–H and O–H groups in total. The van der Waals surface area contributed by atoms with Gasteiger partial charge in [0.1, 0.15) is 12.4 Å². The number of amides is 1. The molecule has 0 aliphatic carbocycles. The zero-order valence-electron chi connectivity index (χ0n) is 24.3. The summed E-state index contributed by atoms with van der Waals surface area (Å²) in [6, 6.07) is 17.8. The van der Waals surface area contributed by atoms with Gasteiger partial charge in [0.15, 0.2) is 11.5 Å². The number of para-hydroxylation sites is 1. The molecule has 3 aromatic carbocycles. The third-order valence-corrected chi connectivity index (χ3v) is 8.45. The summed E-state index contributed by atoms with van der Waals surface area (Å²) in [4.78, 5) is 13.0. The fourth-order valence-electron chi connectivity index (χ4n) is 4.78. The van der Waals surface area contributed by atoms with E-state index >= 15 is 0 Å². The van der Waals surface area contributed by atoms with Crippen LogP contribution in [0.2, 0.25) is 0 Å². The van der Waals surface area contributed by atoms with E-state index in [-0.39, 0.29) is 16.5 Å². The van der Waals surface area contributed by atoms with Gasteiger partial charge in [0, 0.05) is 23.0 Å². The SMILES string of the molecule is COc1ccc(S(=O)(=O)N(CC(=O)N/N=C/c2cc(C)n(-c3ccccc3F)c2C)c2cc(C)cc(C)c2)cc1OC. The average Bonchev–Trinajstić information content (AvgIpc) is 3.23. The third-order valence-electron chi connectivity index (χ3n) is 6.68. The maximum absolute atomic E-state index is 14.4. The molecule has 1 amide bonds. The number of hydrogen-bond acceptors (Lipinski definition) is 6. The Balaban J connectivity index is 1.62. The van der Waals surface area contributed by atoms with Gasteiger partial charge < -0.3 is 14.0 Å². The number of rotatable bonds is 10. The zero-order valence-corrected chi connectivity index (χ0v) is 25.1. The Labute approximate surface area is 245 Å². The van der Waals surface area contributed by atoms with Crippen molar-refractivity contribution in [3.8, 4) is 17.2 Å². The zero-order chi connectivity index (χ0) is 30.6. The number of aromatic nitrogens is 1. The van der Waals surface area contributed by atoms with E-state index in [1.54, 1.807) is 34.9 Å². The molecule has 0 fully saturated rings. The number of aryl methyl sites for hydroxylation is 3. The van der Waals surface area contributed by atoms with Gasteiger partial charge in [0.25, 0.3) is 15.9 Å². The van der Waals surface area contributed by atoms with Crippen molar-refractivity contribution >= 4 is 27.8 Å². The standard InChI is InChI=1S/C31H33FN4O5S/c1-20-13-21(2)15-25(14-20)35(42(38,39)26-11-12-29(40-5)30(17-26)41-6)19-31(37)34-33-18-24-16-22(3)36(23(24)4)28-10-8-7-9-27(28)32/h7-18H,19H2,1-6H3,(H,34,37)/b33-18+. The van der Waals surface area contributed by atoms with E-state index in [2.05, 4.69) is 10.5 Å². The van der Waals surface area contributed by atoms with E-state index in [4.69, 9.17) is 9.47 Å². The van der Waals surface area contributed by atoms with Gasteiger partial charge >= 0.3 is 0 Å². The Morgan fingerprint density at radius 1 is 0.952 bits per heavy atom. The predicted molar refractivity (Wildman–Crippen MR) is 161 cm³/mol. The molecular weight excluding hydrogens is 559 g/mol. The van der Waals surface area contributed by atoms with Crippen LogP contribution in [0.25, 0.3) is 5.69 Å². The number of carbonyl (C=O) groups excluding carboxylic acids is 1. The lowest BCUT2D eigenvalue weighted by Crippen LogP contribution is -2.39. The maximum Gasteiger partial charge on any atom is 0.264 e. The number of hydrazone groups is 1. The molecule has 0 atom stereocenters. The highest BCUT2D eigenvalue weighted by molar-refractivity contribution is 7.92. The van der Waals surface area contributed by atoms with Gasteiger partial charge in [-0.2, -0.15) is 5.10 Å². The lowest BCUT2D eigenvalue weighted by Gasteiger charge is -2.25. The van der Waals surface area contributed by atoms with Crippen molar-refractivity contribution in [3.63, 3.8) is 0 Å². The van der Waals surface area contributed by atoms with E-state index in [9.17, 15) is 17.6 Å². The normalized spacial score (nSPS) is 11.5. The number of benzene rings is 3. The molecule has 0 spiro atoms. The number of nitrogens with zero attached hydrogens (tertiary/aromatic N) is 3. The minimum absolute atomic E-state index is 0.0730. The van der Waals surface area contributed by atoms with Gasteiger partial charge in [-0.3, -0.25) is 9.10 Å². The number of methoxy groups -OCH3 is 2. The van der Waals surface area contributed by atoms with Gasteiger partial charge in [-0.1, -0.05) is 18.2 Å². The van der Waals surface area contributed by atoms with Crippen LogP contribution >= 0.6 is 0 Å². The predicted octanol–water partition coefficient (Wildman–Crippen LogP) is 5.21. The van der Waals surface area contributed by atoms with Crippen LogP contribution in [0.5, 0.6) is 11.5 Å². The quantitative estimate of drug-likeness (QED) is 0.201. The number of hydrogen-bond donors (Lipinski definition) is 1. The third kappa shape index (κ3) is 6.31. The topological polar surface area (TPSA) is 102 Å². The second-order valence-electron chi connectivity index (χ2n) is 9.78. The highest BCUT2D eigenvalue weighted by Crippen LogP contribution is 2.32. The monoisotopic (exact) mass is 592 g/mol. The van der Waals surface area contributed by atoms with Crippen molar-refractivity contribution in [1.29, 1.82) is 0 Å². The van der Waals surface area contributed by atoms with Crippen LogP contribution in [0.1, 0.15) is 28.1 Å². The van der Waals surface area contributed by atoms with Crippen molar-refractivity contribution in [3.05, 3.63) is 101 Å². The van der Waals surface area contributed by atoms with Crippen LogP contribution in [0.4, 0.5) is 10.1 Å². The smallest absolute Gasteiger partial charge is 0.264 e. The van der Waals surface area contributed by atoms with E-state index in [0.29, 0.717) is 22.7 Å². The van der Waals surface area contributed by atoms with Gasteiger partial charge in [-0.25, -0.2) is 18.2 Å². The van der Waals surface area contributed by atoms with E-state index in [1.807, 2.05) is 39.8 Å². The molecule has 0 radical (unpaired) electrons. The largest absolute Gasteiger partial charge is 0.493 e. The molecule has 0 saturated heterocycles. The second kappa shape index (κ2) is 12.5. The van der Waals surface area contributed by atoms with Gasteiger partial charge in [0.05, 0.1) is 36.7 Å². The fraction of sp³-hybridized carbons (Fsp3) is 0.226. The summed E-state index contributed by atoms with van der Waals surface area (Å²) >= 11 is 0. The molecule has 220 valence electrons. The molecule has 11 heteroatoms. The first-order valence-electron chi connectivity index (χ1n) is 13.0. The first kappa shape index (κ1) is 30.3. The molecule has 4 aromatic rings. The Morgan fingerprint density at radius 2 is 1.62 bits per heavy atom. The van der Waals surface area contributed by atoms with Crippen LogP contribution < -0.4 is 19.2 Å². The van der Waals surface area contributed by atoms with E-state index in [1.165, 1.54) is 44.7 Å². The fourth-order valence-corrected chi connectivity index (χ4v) is 6.20. The van der Waals surface area contributed by atoms with Gasteiger partial charge in [0.2, 0.25) is 0 Å². The molecule has 42 heavy (non-hydrogen) atoms. The Morgan fingerprint density at radius 3 is 2.26 bits per heavy atom. The Kier molecular flexibility index (Phi) is 9.01. The lowest BCUT2D eigenvalue weighted by molar-refractivity contribution is -0.119. The van der Waals surface area contributed by atoms with Crippen molar-refractivity contribution in [2.24, 2.45) is 5.10 Å². The minimum Gasteiger partial charge on any atom is -0.493 e. The number of anilines is 1. The molecule has 0 saturated carbocycles. The van der Waals surface area contributed by atoms with Crippen molar-refractivity contribution in [2.45, 2.75) is 32.6 Å². The first-order chi connectivity index (χ1) is 20.0. The van der Waals surface area contributed by atoms with Crippen LogP contribution in [-0.2, 0) is 14.8 Å². The summed E-state index contributed by atoms with van der Waals surface area (Å²) in [5.41, 5.74) is 7.01. The molecule has 0 aliphatic heterocycles. The van der Waals surface area contributed by atoms with Crippen LogP contribution in [0.3, 0.4) is 0 Å². The summed E-state index contributed by atoms with van der Waals surface area (Å²) in [7, 11) is -1.35.